The Bertz CT molecular complexity index is 709. The predicted octanol–water partition coefficient (Wildman–Crippen LogP) is 2.28. The van der Waals surface area contributed by atoms with E-state index in [9.17, 15) is 19.7 Å². The van der Waals surface area contributed by atoms with Gasteiger partial charge in [-0.25, -0.2) is 4.79 Å². The van der Waals surface area contributed by atoms with Gasteiger partial charge in [-0.1, -0.05) is 6.92 Å². The molecule has 1 heterocycles. The first kappa shape index (κ1) is 19.4. The number of nitro groups is 1. The number of nitrogens with zero attached hydrogens (tertiary/aromatic N) is 2. The number of anilines is 1. The molecule has 140 valence electrons. The minimum absolute atomic E-state index is 0.0500. The van der Waals surface area contributed by atoms with E-state index in [2.05, 4.69) is 15.0 Å². The van der Waals surface area contributed by atoms with Crippen LogP contribution in [0.2, 0.25) is 0 Å². The molecule has 0 aliphatic carbocycles. The van der Waals surface area contributed by atoms with Crippen molar-refractivity contribution in [2.75, 3.05) is 25.1 Å². The van der Waals surface area contributed by atoms with Gasteiger partial charge in [0.05, 0.1) is 17.6 Å². The van der Waals surface area contributed by atoms with Crippen LogP contribution in [0.1, 0.15) is 31.7 Å². The molecule has 0 aromatic heterocycles. The van der Waals surface area contributed by atoms with Gasteiger partial charge in [-0.2, -0.15) is 0 Å². The van der Waals surface area contributed by atoms with E-state index in [0.29, 0.717) is 12.0 Å². The minimum atomic E-state index is -0.572. The molecule has 0 unspecified atom stereocenters. The number of amides is 1. The summed E-state index contributed by atoms with van der Waals surface area (Å²) >= 11 is 0. The van der Waals surface area contributed by atoms with Crippen molar-refractivity contribution in [1.82, 2.24) is 5.32 Å². The number of ether oxygens (including phenoxy) is 1. The summed E-state index contributed by atoms with van der Waals surface area (Å²) in [6.07, 6.45) is 4.66. The molecule has 2 rings (SSSR count). The summed E-state index contributed by atoms with van der Waals surface area (Å²) in [6, 6.07) is 5.01. The molecule has 1 aliphatic rings. The van der Waals surface area contributed by atoms with E-state index in [1.807, 2.05) is 6.92 Å². The summed E-state index contributed by atoms with van der Waals surface area (Å²) in [5.74, 6) is -0.522. The fourth-order valence-electron chi connectivity index (χ4n) is 2.88. The highest BCUT2D eigenvalue weighted by Gasteiger charge is 2.22. The number of hydrogen-bond donors (Lipinski definition) is 1. The summed E-state index contributed by atoms with van der Waals surface area (Å²) in [7, 11) is 1.25. The maximum atomic E-state index is 11.5. The third kappa shape index (κ3) is 5.05. The monoisotopic (exact) mass is 361 g/mol. The number of methoxy groups -OCH3 is 1. The highest BCUT2D eigenvalue weighted by atomic mass is 16.6. The Morgan fingerprint density at radius 1 is 1.38 bits per heavy atom. The predicted molar refractivity (Wildman–Crippen MR) is 97.8 cm³/mol. The fourth-order valence-corrected chi connectivity index (χ4v) is 2.88. The van der Waals surface area contributed by atoms with Gasteiger partial charge in [-0.15, -0.1) is 0 Å². The molecule has 1 fully saturated rings. The van der Waals surface area contributed by atoms with E-state index in [1.54, 1.807) is 12.1 Å². The lowest BCUT2D eigenvalue weighted by molar-refractivity contribution is -0.385. The summed E-state index contributed by atoms with van der Waals surface area (Å²) < 4.78 is 4.53. The molecule has 0 saturated carbocycles. The van der Waals surface area contributed by atoms with Crippen LogP contribution in [0.4, 0.5) is 11.4 Å². The second kappa shape index (κ2) is 8.98. The molecule has 0 atom stereocenters. The third-order valence-electron chi connectivity index (χ3n) is 4.35. The van der Waals surface area contributed by atoms with Crippen LogP contribution >= 0.6 is 0 Å². The molecular weight excluding hydrogens is 338 g/mol. The zero-order valence-electron chi connectivity index (χ0n) is 14.9. The molecule has 8 nitrogen and oxygen atoms in total. The van der Waals surface area contributed by atoms with E-state index in [-0.39, 0.29) is 17.6 Å². The summed E-state index contributed by atoms with van der Waals surface area (Å²) in [4.78, 5) is 35.6. The van der Waals surface area contributed by atoms with Gasteiger partial charge < -0.3 is 15.0 Å². The van der Waals surface area contributed by atoms with Crippen molar-refractivity contribution in [3.63, 3.8) is 0 Å². The van der Waals surface area contributed by atoms with Gasteiger partial charge in [0, 0.05) is 43.4 Å². The number of hydrogen-bond acceptors (Lipinski definition) is 6. The Morgan fingerprint density at radius 3 is 2.65 bits per heavy atom. The third-order valence-corrected chi connectivity index (χ3v) is 4.35. The van der Waals surface area contributed by atoms with Crippen molar-refractivity contribution < 1.29 is 19.2 Å². The molecule has 26 heavy (non-hydrogen) atoms. The second-order valence-electron chi connectivity index (χ2n) is 6.04. The van der Waals surface area contributed by atoms with E-state index in [0.717, 1.165) is 31.6 Å². The SMILES string of the molecule is CCC(=O)NC1CCN(c2ccc([N+](=O)[O-])c(C=CC(=O)OC)c2)CC1. The second-order valence-corrected chi connectivity index (χ2v) is 6.04. The number of benzene rings is 1. The topological polar surface area (TPSA) is 102 Å². The molecule has 0 spiro atoms. The number of piperidine rings is 1. The highest BCUT2D eigenvalue weighted by Crippen LogP contribution is 2.28. The Kier molecular flexibility index (Phi) is 6.71. The molecular formula is C18H23N3O5. The molecule has 1 aromatic rings. The normalized spacial score (nSPS) is 15.1. The van der Waals surface area contributed by atoms with Crippen LogP contribution in [0, 0.1) is 10.1 Å². The van der Waals surface area contributed by atoms with Gasteiger partial charge in [0.15, 0.2) is 0 Å². The maximum Gasteiger partial charge on any atom is 0.330 e. The number of carbonyl (C=O) groups excluding carboxylic acids is 2. The van der Waals surface area contributed by atoms with Crippen LogP contribution < -0.4 is 10.2 Å². The first-order valence-electron chi connectivity index (χ1n) is 8.53. The quantitative estimate of drug-likeness (QED) is 0.361. The number of nitro benzene ring substituents is 1. The van der Waals surface area contributed by atoms with Crippen molar-refractivity contribution in [3.8, 4) is 0 Å². The molecule has 0 bridgehead atoms. The smallest absolute Gasteiger partial charge is 0.330 e. The van der Waals surface area contributed by atoms with Gasteiger partial charge >= 0.3 is 5.97 Å². The average Bonchev–Trinajstić information content (AvgIpc) is 2.66. The maximum absolute atomic E-state index is 11.5. The lowest BCUT2D eigenvalue weighted by atomic mass is 10.0. The molecule has 1 aliphatic heterocycles. The Morgan fingerprint density at radius 2 is 2.08 bits per heavy atom. The number of nitrogens with one attached hydrogen (secondary N) is 1. The van der Waals surface area contributed by atoms with Crippen LogP contribution in [-0.2, 0) is 14.3 Å². The largest absolute Gasteiger partial charge is 0.466 e. The molecule has 1 saturated heterocycles. The molecule has 8 heteroatoms. The Hall–Kier alpha value is -2.90. The van der Waals surface area contributed by atoms with E-state index in [4.69, 9.17) is 0 Å². The van der Waals surface area contributed by atoms with Crippen molar-refractivity contribution in [2.45, 2.75) is 32.2 Å². The average molecular weight is 361 g/mol. The van der Waals surface area contributed by atoms with Gasteiger partial charge in [-0.05, 0) is 31.1 Å². The van der Waals surface area contributed by atoms with Crippen LogP contribution in [0.25, 0.3) is 6.08 Å². The van der Waals surface area contributed by atoms with Crippen LogP contribution in [0.5, 0.6) is 0 Å². The summed E-state index contributed by atoms with van der Waals surface area (Å²) in [6.45, 7) is 3.31. The first-order valence-corrected chi connectivity index (χ1v) is 8.53. The zero-order chi connectivity index (χ0) is 19.1. The Balaban J connectivity index is 2.13. The lowest BCUT2D eigenvalue weighted by Crippen LogP contribution is -2.44. The van der Waals surface area contributed by atoms with Gasteiger partial charge in [0.25, 0.3) is 5.69 Å². The van der Waals surface area contributed by atoms with Crippen molar-refractivity contribution >= 4 is 29.3 Å². The lowest BCUT2D eigenvalue weighted by Gasteiger charge is -2.34. The molecule has 1 N–H and O–H groups in total. The number of rotatable bonds is 6. The van der Waals surface area contributed by atoms with Gasteiger partial charge in [-0.3, -0.25) is 14.9 Å². The fraction of sp³-hybridized carbons (Fsp3) is 0.444. The van der Waals surface area contributed by atoms with E-state index in [1.165, 1.54) is 25.3 Å². The Labute approximate surface area is 152 Å². The van der Waals surface area contributed by atoms with Gasteiger partial charge in [0.1, 0.15) is 0 Å². The van der Waals surface area contributed by atoms with Crippen LogP contribution in [-0.4, -0.2) is 43.0 Å². The molecule has 1 amide bonds. The zero-order valence-corrected chi connectivity index (χ0v) is 14.9. The van der Waals surface area contributed by atoms with Crippen molar-refractivity contribution in [1.29, 1.82) is 0 Å². The van der Waals surface area contributed by atoms with Gasteiger partial charge in [0.2, 0.25) is 5.91 Å². The first-order chi connectivity index (χ1) is 12.4. The van der Waals surface area contributed by atoms with Crippen molar-refractivity contribution in [3.05, 3.63) is 40.0 Å². The standard InChI is InChI=1S/C18H23N3O5/c1-3-17(22)19-14-8-10-20(11-9-14)15-5-6-16(21(24)25)13(12-15)4-7-18(23)26-2/h4-7,12,14H,3,8-11H2,1-2H3,(H,19,22). The van der Waals surface area contributed by atoms with Crippen molar-refractivity contribution in [2.24, 2.45) is 0 Å². The summed E-state index contributed by atoms with van der Waals surface area (Å²) in [5.41, 5.74) is 1.12. The summed E-state index contributed by atoms with van der Waals surface area (Å²) in [5, 5.41) is 14.2. The molecule has 1 aromatic carbocycles. The van der Waals surface area contributed by atoms with E-state index >= 15 is 0 Å². The van der Waals surface area contributed by atoms with Crippen LogP contribution in [0.3, 0.4) is 0 Å². The highest BCUT2D eigenvalue weighted by molar-refractivity contribution is 5.88. The number of carbonyl (C=O) groups is 2. The van der Waals surface area contributed by atoms with Crippen LogP contribution in [0.15, 0.2) is 24.3 Å². The minimum Gasteiger partial charge on any atom is -0.466 e. The van der Waals surface area contributed by atoms with E-state index < -0.39 is 10.9 Å². The molecule has 0 radical (unpaired) electrons. The number of esters is 1.